The highest BCUT2D eigenvalue weighted by Crippen LogP contribution is 2.19. The lowest BCUT2D eigenvalue weighted by atomic mass is 10.1. The normalized spacial score (nSPS) is 11.7. The van der Waals surface area contributed by atoms with Gasteiger partial charge in [-0.05, 0) is 36.6 Å². The number of rotatable bonds is 6. The molecule has 0 aliphatic carbocycles. The van der Waals surface area contributed by atoms with Crippen LogP contribution < -0.4 is 10.1 Å². The fraction of sp³-hybridized carbons (Fsp3) is 0.429. The molecule has 0 bridgehead atoms. The van der Waals surface area contributed by atoms with Crippen LogP contribution in [0.5, 0.6) is 5.75 Å². The Morgan fingerprint density at radius 1 is 1.42 bits per heavy atom. The van der Waals surface area contributed by atoms with Crippen molar-refractivity contribution >= 4 is 21.8 Å². The Bertz CT molecular complexity index is 452. The molecule has 0 aliphatic heterocycles. The lowest BCUT2D eigenvalue weighted by molar-refractivity contribution is -0.128. The number of nitrogens with one attached hydrogen (secondary N) is 1. The van der Waals surface area contributed by atoms with Crippen molar-refractivity contribution in [2.75, 3.05) is 6.54 Å². The summed E-state index contributed by atoms with van der Waals surface area (Å²) in [6.45, 7) is 4.04. The smallest absolute Gasteiger partial charge is 0.261 e. The van der Waals surface area contributed by atoms with Crippen LogP contribution in [0.3, 0.4) is 0 Å². The predicted octanol–water partition coefficient (Wildman–Crippen LogP) is 2.88. The average molecular weight is 325 g/mol. The quantitative estimate of drug-likeness (QED) is 0.818. The highest BCUT2D eigenvalue weighted by Gasteiger charge is 2.21. The van der Waals surface area contributed by atoms with Crippen LogP contribution in [0.4, 0.5) is 0 Å². The summed E-state index contributed by atoms with van der Waals surface area (Å²) < 4.78 is 6.65. The van der Waals surface area contributed by atoms with Crippen LogP contribution in [0.1, 0.15) is 20.3 Å². The van der Waals surface area contributed by atoms with Gasteiger partial charge in [-0.1, -0.05) is 29.8 Å². The molecule has 5 heteroatoms. The summed E-state index contributed by atoms with van der Waals surface area (Å²) in [4.78, 5) is 11.9. The highest BCUT2D eigenvalue weighted by molar-refractivity contribution is 9.10. The minimum Gasteiger partial charge on any atom is -0.481 e. The lowest BCUT2D eigenvalue weighted by Gasteiger charge is -2.19. The first-order valence-corrected chi connectivity index (χ1v) is 6.89. The van der Waals surface area contributed by atoms with Crippen molar-refractivity contribution in [3.8, 4) is 11.8 Å². The van der Waals surface area contributed by atoms with E-state index in [1.54, 1.807) is 12.1 Å². The molecule has 1 rings (SSSR count). The Hall–Kier alpha value is -1.54. The molecular weight excluding hydrogens is 308 g/mol. The molecule has 0 saturated carbocycles. The van der Waals surface area contributed by atoms with E-state index in [0.29, 0.717) is 18.1 Å². The van der Waals surface area contributed by atoms with E-state index >= 15 is 0 Å². The summed E-state index contributed by atoms with van der Waals surface area (Å²) in [6, 6.07) is 9.20. The first-order chi connectivity index (χ1) is 9.02. The van der Waals surface area contributed by atoms with E-state index in [1.807, 2.05) is 32.0 Å². The van der Waals surface area contributed by atoms with Gasteiger partial charge in [-0.15, -0.1) is 0 Å². The summed E-state index contributed by atoms with van der Waals surface area (Å²) in [6.07, 6.45) is 0.0300. The molecule has 0 saturated heterocycles. The monoisotopic (exact) mass is 324 g/mol. The number of benzene rings is 1. The molecule has 102 valence electrons. The van der Waals surface area contributed by atoms with Gasteiger partial charge in [-0.3, -0.25) is 4.79 Å². The molecule has 1 aromatic rings. The van der Waals surface area contributed by atoms with E-state index in [9.17, 15) is 4.79 Å². The topological polar surface area (TPSA) is 62.1 Å². The van der Waals surface area contributed by atoms with E-state index in [0.717, 1.165) is 4.47 Å². The molecule has 0 fully saturated rings. The highest BCUT2D eigenvalue weighted by atomic mass is 79.9. The number of ether oxygens (including phenoxy) is 1. The molecule has 0 radical (unpaired) electrons. The molecular formula is C14H17BrN2O2. The predicted molar refractivity (Wildman–Crippen MR) is 76.6 cm³/mol. The molecule has 1 unspecified atom stereocenters. The molecule has 1 atom stereocenters. The van der Waals surface area contributed by atoms with Gasteiger partial charge in [0.05, 0.1) is 6.07 Å². The second kappa shape index (κ2) is 7.80. The standard InChI is InChI=1S/C14H17BrN2O2/c1-10(2)9-13(14(18)17-8-7-16)19-12-5-3-11(15)4-6-12/h3-6,10,13H,8-9H2,1-2H3,(H,17,18). The maximum absolute atomic E-state index is 11.9. The zero-order valence-electron chi connectivity index (χ0n) is 11.0. The van der Waals surface area contributed by atoms with Crippen molar-refractivity contribution in [1.29, 1.82) is 5.26 Å². The van der Waals surface area contributed by atoms with Crippen LogP contribution in [0, 0.1) is 17.2 Å². The number of halogens is 1. The summed E-state index contributed by atoms with van der Waals surface area (Å²) in [7, 11) is 0. The molecule has 0 spiro atoms. The fourth-order valence-corrected chi connectivity index (χ4v) is 1.82. The Labute approximate surface area is 121 Å². The van der Waals surface area contributed by atoms with Crippen LogP contribution >= 0.6 is 15.9 Å². The number of carbonyl (C=O) groups excluding carboxylic acids is 1. The fourth-order valence-electron chi connectivity index (χ4n) is 1.55. The number of nitriles is 1. The number of carbonyl (C=O) groups is 1. The average Bonchev–Trinajstić information content (AvgIpc) is 2.37. The summed E-state index contributed by atoms with van der Waals surface area (Å²) in [5.74, 6) is 0.715. The van der Waals surface area contributed by atoms with Crippen molar-refractivity contribution in [1.82, 2.24) is 5.32 Å². The minimum absolute atomic E-state index is 0.00285. The molecule has 0 heterocycles. The van der Waals surface area contributed by atoms with Gasteiger partial charge >= 0.3 is 0 Å². The van der Waals surface area contributed by atoms with E-state index in [1.165, 1.54) is 0 Å². The largest absolute Gasteiger partial charge is 0.481 e. The van der Waals surface area contributed by atoms with Crippen LogP contribution in [0.15, 0.2) is 28.7 Å². The van der Waals surface area contributed by atoms with E-state index in [-0.39, 0.29) is 12.5 Å². The number of nitrogens with zero attached hydrogens (tertiary/aromatic N) is 1. The van der Waals surface area contributed by atoms with Gasteiger partial charge in [0.2, 0.25) is 0 Å². The maximum atomic E-state index is 11.9. The van der Waals surface area contributed by atoms with Crippen molar-refractivity contribution in [3.63, 3.8) is 0 Å². The molecule has 0 aromatic heterocycles. The summed E-state index contributed by atoms with van der Waals surface area (Å²) in [5.41, 5.74) is 0. The lowest BCUT2D eigenvalue weighted by Crippen LogP contribution is -2.39. The molecule has 19 heavy (non-hydrogen) atoms. The van der Waals surface area contributed by atoms with Crippen molar-refractivity contribution < 1.29 is 9.53 Å². The third-order valence-electron chi connectivity index (χ3n) is 2.41. The Morgan fingerprint density at radius 2 is 2.05 bits per heavy atom. The van der Waals surface area contributed by atoms with Gasteiger partial charge in [0, 0.05) is 4.47 Å². The van der Waals surface area contributed by atoms with Crippen molar-refractivity contribution in [2.24, 2.45) is 5.92 Å². The third-order valence-corrected chi connectivity index (χ3v) is 2.94. The second-order valence-corrected chi connectivity index (χ2v) is 5.48. The maximum Gasteiger partial charge on any atom is 0.261 e. The summed E-state index contributed by atoms with van der Waals surface area (Å²) in [5, 5.41) is 11.0. The molecule has 1 amide bonds. The van der Waals surface area contributed by atoms with E-state index in [4.69, 9.17) is 10.00 Å². The van der Waals surface area contributed by atoms with E-state index in [2.05, 4.69) is 21.2 Å². The van der Waals surface area contributed by atoms with Crippen molar-refractivity contribution in [3.05, 3.63) is 28.7 Å². The first-order valence-electron chi connectivity index (χ1n) is 6.09. The number of hydrogen-bond acceptors (Lipinski definition) is 3. The van der Waals surface area contributed by atoms with Crippen molar-refractivity contribution in [2.45, 2.75) is 26.4 Å². The summed E-state index contributed by atoms with van der Waals surface area (Å²) >= 11 is 3.34. The molecule has 1 aromatic carbocycles. The zero-order chi connectivity index (χ0) is 14.3. The third kappa shape index (κ3) is 5.75. The molecule has 0 aliphatic rings. The number of amides is 1. The van der Waals surface area contributed by atoms with Crippen LogP contribution in [-0.2, 0) is 4.79 Å². The van der Waals surface area contributed by atoms with E-state index < -0.39 is 6.10 Å². The van der Waals surface area contributed by atoms with Crippen LogP contribution in [0.25, 0.3) is 0 Å². The Balaban J connectivity index is 2.71. The SMILES string of the molecule is CC(C)CC(Oc1ccc(Br)cc1)C(=O)NCC#N. The van der Waals surface area contributed by atoms with Gasteiger partial charge < -0.3 is 10.1 Å². The Kier molecular flexibility index (Phi) is 6.37. The van der Waals surface area contributed by atoms with Crippen LogP contribution in [-0.4, -0.2) is 18.6 Å². The van der Waals surface area contributed by atoms with Gasteiger partial charge in [-0.25, -0.2) is 0 Å². The zero-order valence-corrected chi connectivity index (χ0v) is 12.6. The van der Waals surface area contributed by atoms with Gasteiger partial charge in [0.15, 0.2) is 6.10 Å². The second-order valence-electron chi connectivity index (χ2n) is 4.57. The number of hydrogen-bond donors (Lipinski definition) is 1. The van der Waals surface area contributed by atoms with Gasteiger partial charge in [0.25, 0.3) is 5.91 Å². The Morgan fingerprint density at radius 3 is 2.58 bits per heavy atom. The molecule has 1 N–H and O–H groups in total. The minimum atomic E-state index is -0.575. The van der Waals surface area contributed by atoms with Gasteiger partial charge in [0.1, 0.15) is 12.3 Å². The first kappa shape index (κ1) is 15.5. The van der Waals surface area contributed by atoms with Gasteiger partial charge in [-0.2, -0.15) is 5.26 Å². The molecule has 4 nitrogen and oxygen atoms in total. The van der Waals surface area contributed by atoms with Crippen LogP contribution in [0.2, 0.25) is 0 Å².